The molecule has 5 heteroatoms. The van der Waals surface area contributed by atoms with Gasteiger partial charge in [0, 0.05) is 6.42 Å². The summed E-state index contributed by atoms with van der Waals surface area (Å²) >= 11 is 0. The molecule has 1 atom stereocenters. The van der Waals surface area contributed by atoms with Crippen LogP contribution in [0, 0.1) is 5.82 Å². The van der Waals surface area contributed by atoms with Crippen LogP contribution in [0.5, 0.6) is 0 Å². The largest absolute Gasteiger partial charge is 0.463 e. The monoisotopic (exact) mass is 278 g/mol. The summed E-state index contributed by atoms with van der Waals surface area (Å²) in [6.45, 7) is 1.57. The number of ether oxygens (including phenoxy) is 1. The Morgan fingerprint density at radius 1 is 1.30 bits per heavy atom. The van der Waals surface area contributed by atoms with E-state index in [1.807, 2.05) is 0 Å². The molecule has 0 saturated heterocycles. The molecular weight excluding hydrogens is 263 g/mol. The molecule has 2 aromatic rings. The molecule has 0 saturated carbocycles. The summed E-state index contributed by atoms with van der Waals surface area (Å²) in [6.07, 6.45) is 0.238. The molecule has 1 heterocycles. The van der Waals surface area contributed by atoms with Crippen molar-refractivity contribution in [1.29, 1.82) is 0 Å². The van der Waals surface area contributed by atoms with E-state index in [1.165, 1.54) is 31.4 Å². The second kappa shape index (κ2) is 5.46. The number of hydrogen-bond donors (Lipinski definition) is 1. The Hall–Kier alpha value is -2.14. The highest BCUT2D eigenvalue weighted by Gasteiger charge is 2.28. The number of rotatable bonds is 4. The predicted molar refractivity (Wildman–Crippen MR) is 69.7 cm³/mol. The topological polar surface area (TPSA) is 59.7 Å². The highest BCUT2D eigenvalue weighted by molar-refractivity contribution is 5.86. The summed E-state index contributed by atoms with van der Waals surface area (Å²) in [4.78, 5) is 11.3. The van der Waals surface area contributed by atoms with E-state index in [-0.39, 0.29) is 23.8 Å². The maximum absolute atomic E-state index is 12.8. The van der Waals surface area contributed by atoms with E-state index in [1.54, 1.807) is 19.1 Å². The van der Waals surface area contributed by atoms with Crippen LogP contribution in [0.25, 0.3) is 0 Å². The third-order valence-corrected chi connectivity index (χ3v) is 2.99. The van der Waals surface area contributed by atoms with E-state index in [9.17, 15) is 14.3 Å². The SMILES string of the molecule is COC(=O)c1ccc(C(C)(O)Cc2ccc(F)cc2)o1. The fraction of sp³-hybridized carbons (Fsp3) is 0.267. The number of furan rings is 1. The van der Waals surface area contributed by atoms with E-state index in [0.29, 0.717) is 0 Å². The van der Waals surface area contributed by atoms with Crippen LogP contribution in [0.15, 0.2) is 40.8 Å². The molecule has 0 bridgehead atoms. The summed E-state index contributed by atoms with van der Waals surface area (Å²) in [5.74, 6) is -0.655. The Morgan fingerprint density at radius 2 is 1.95 bits per heavy atom. The van der Waals surface area contributed by atoms with Crippen LogP contribution in [-0.2, 0) is 16.8 Å². The maximum atomic E-state index is 12.8. The molecule has 106 valence electrons. The van der Waals surface area contributed by atoms with Crippen molar-refractivity contribution in [2.24, 2.45) is 0 Å². The Morgan fingerprint density at radius 3 is 2.55 bits per heavy atom. The average molecular weight is 278 g/mol. The lowest BCUT2D eigenvalue weighted by molar-refractivity contribution is 0.0306. The third kappa shape index (κ3) is 3.05. The zero-order valence-electron chi connectivity index (χ0n) is 11.2. The molecule has 20 heavy (non-hydrogen) atoms. The summed E-state index contributed by atoms with van der Waals surface area (Å²) in [5.41, 5.74) is -0.545. The molecule has 0 amide bonds. The molecule has 0 aliphatic carbocycles. The van der Waals surface area contributed by atoms with Crippen LogP contribution < -0.4 is 0 Å². The number of carbonyl (C=O) groups excluding carboxylic acids is 1. The van der Waals surface area contributed by atoms with Gasteiger partial charge in [-0.2, -0.15) is 0 Å². The summed E-state index contributed by atoms with van der Waals surface area (Å²) in [6, 6.07) is 8.80. The molecule has 2 rings (SSSR count). The minimum atomic E-state index is -1.30. The number of carbonyl (C=O) groups is 1. The van der Waals surface area contributed by atoms with Crippen molar-refractivity contribution < 1.29 is 23.4 Å². The average Bonchev–Trinajstić information content (AvgIpc) is 2.91. The summed E-state index contributed by atoms with van der Waals surface area (Å²) in [7, 11) is 1.25. The van der Waals surface area contributed by atoms with E-state index in [4.69, 9.17) is 4.42 Å². The van der Waals surface area contributed by atoms with Gasteiger partial charge in [-0.3, -0.25) is 0 Å². The molecule has 0 fully saturated rings. The standard InChI is InChI=1S/C15H15FO4/c1-15(18,9-10-3-5-11(16)6-4-10)13-8-7-12(20-13)14(17)19-2/h3-8,18H,9H2,1-2H3. The first kappa shape index (κ1) is 14.3. The molecule has 0 aliphatic rings. The van der Waals surface area contributed by atoms with Gasteiger partial charge in [0.05, 0.1) is 7.11 Å². The molecule has 1 unspecified atom stereocenters. The van der Waals surface area contributed by atoms with Gasteiger partial charge in [0.25, 0.3) is 0 Å². The molecule has 1 N–H and O–H groups in total. The molecule has 1 aromatic heterocycles. The number of halogens is 1. The molecule has 4 nitrogen and oxygen atoms in total. The van der Waals surface area contributed by atoms with Crippen molar-refractivity contribution in [2.45, 2.75) is 18.9 Å². The van der Waals surface area contributed by atoms with Crippen molar-refractivity contribution in [1.82, 2.24) is 0 Å². The second-order valence-corrected chi connectivity index (χ2v) is 4.73. The highest BCUT2D eigenvalue weighted by Crippen LogP contribution is 2.27. The minimum Gasteiger partial charge on any atom is -0.463 e. The van der Waals surface area contributed by atoms with Crippen LogP contribution in [-0.4, -0.2) is 18.2 Å². The lowest BCUT2D eigenvalue weighted by Crippen LogP contribution is -2.23. The van der Waals surface area contributed by atoms with E-state index >= 15 is 0 Å². The van der Waals surface area contributed by atoms with Crippen molar-refractivity contribution >= 4 is 5.97 Å². The Kier molecular flexibility index (Phi) is 3.90. The molecule has 0 aliphatic heterocycles. The predicted octanol–water partition coefficient (Wildman–Crippen LogP) is 2.66. The number of methoxy groups -OCH3 is 1. The Balaban J connectivity index is 2.19. The first-order chi connectivity index (χ1) is 9.42. The van der Waals surface area contributed by atoms with Crippen molar-refractivity contribution in [2.75, 3.05) is 7.11 Å². The molecule has 0 radical (unpaired) electrons. The van der Waals surface area contributed by atoms with Crippen molar-refractivity contribution in [3.63, 3.8) is 0 Å². The number of aliphatic hydroxyl groups is 1. The quantitative estimate of drug-likeness (QED) is 0.873. The fourth-order valence-corrected chi connectivity index (χ4v) is 1.92. The van der Waals surface area contributed by atoms with Gasteiger partial charge in [-0.15, -0.1) is 0 Å². The number of benzene rings is 1. The van der Waals surface area contributed by atoms with Gasteiger partial charge in [-0.25, -0.2) is 9.18 Å². The van der Waals surface area contributed by atoms with E-state index in [2.05, 4.69) is 4.74 Å². The number of esters is 1. The van der Waals surface area contributed by atoms with Gasteiger partial charge >= 0.3 is 5.97 Å². The fourth-order valence-electron chi connectivity index (χ4n) is 1.92. The molecule has 1 aromatic carbocycles. The Bertz CT molecular complexity index is 599. The van der Waals surface area contributed by atoms with Crippen molar-refractivity contribution in [3.05, 3.63) is 59.3 Å². The highest BCUT2D eigenvalue weighted by atomic mass is 19.1. The normalized spacial score (nSPS) is 13.8. The van der Waals surface area contributed by atoms with Gasteiger partial charge in [-0.1, -0.05) is 12.1 Å². The second-order valence-electron chi connectivity index (χ2n) is 4.73. The first-order valence-electron chi connectivity index (χ1n) is 6.08. The third-order valence-electron chi connectivity index (χ3n) is 2.99. The van der Waals surface area contributed by atoms with Crippen LogP contribution in [0.2, 0.25) is 0 Å². The minimum absolute atomic E-state index is 0.0295. The van der Waals surface area contributed by atoms with Crippen LogP contribution in [0.4, 0.5) is 4.39 Å². The van der Waals surface area contributed by atoms with Crippen LogP contribution in [0.3, 0.4) is 0 Å². The summed E-state index contributed by atoms with van der Waals surface area (Å²) < 4.78 is 22.7. The van der Waals surface area contributed by atoms with E-state index < -0.39 is 11.6 Å². The number of hydrogen-bond acceptors (Lipinski definition) is 4. The Labute approximate surface area is 115 Å². The van der Waals surface area contributed by atoms with Gasteiger partial charge in [0.2, 0.25) is 5.76 Å². The van der Waals surface area contributed by atoms with Gasteiger partial charge in [0.1, 0.15) is 17.2 Å². The van der Waals surface area contributed by atoms with Gasteiger partial charge in [-0.05, 0) is 36.8 Å². The van der Waals surface area contributed by atoms with Crippen LogP contribution in [0.1, 0.15) is 28.8 Å². The van der Waals surface area contributed by atoms with Crippen LogP contribution >= 0.6 is 0 Å². The zero-order chi connectivity index (χ0) is 14.8. The molecule has 0 spiro atoms. The smallest absolute Gasteiger partial charge is 0.373 e. The van der Waals surface area contributed by atoms with Crippen molar-refractivity contribution in [3.8, 4) is 0 Å². The van der Waals surface area contributed by atoms with E-state index in [0.717, 1.165) is 5.56 Å². The zero-order valence-corrected chi connectivity index (χ0v) is 11.2. The lowest BCUT2D eigenvalue weighted by atomic mass is 9.94. The maximum Gasteiger partial charge on any atom is 0.373 e. The first-order valence-corrected chi connectivity index (χ1v) is 6.08. The lowest BCUT2D eigenvalue weighted by Gasteiger charge is -2.20. The van der Waals surface area contributed by atoms with Gasteiger partial charge in [0.15, 0.2) is 0 Å². The summed E-state index contributed by atoms with van der Waals surface area (Å²) in [5, 5.41) is 10.4. The van der Waals surface area contributed by atoms with Gasteiger partial charge < -0.3 is 14.3 Å². The molecular formula is C15H15FO4.